The summed E-state index contributed by atoms with van der Waals surface area (Å²) in [5, 5.41) is 7.47. The van der Waals surface area contributed by atoms with Crippen molar-refractivity contribution in [3.8, 4) is 11.1 Å². The van der Waals surface area contributed by atoms with E-state index < -0.39 is 23.7 Å². The molecule has 0 bridgehead atoms. The third-order valence-corrected chi connectivity index (χ3v) is 15.3. The van der Waals surface area contributed by atoms with E-state index in [0.717, 1.165) is 80.8 Å². The number of rotatable bonds is 9. The molecular formula is C48H49FN10O5S. The third-order valence-electron chi connectivity index (χ3n) is 14.6. The van der Waals surface area contributed by atoms with Gasteiger partial charge in [-0.3, -0.25) is 39.6 Å². The molecule has 0 radical (unpaired) electrons. The second kappa shape index (κ2) is 16.5. The number of amides is 6. The highest BCUT2D eigenvalue weighted by Crippen LogP contribution is 2.49. The van der Waals surface area contributed by atoms with Crippen molar-refractivity contribution in [2.24, 2.45) is 0 Å². The quantitative estimate of drug-likeness (QED) is 0.195. The average Bonchev–Trinajstić information content (AvgIpc) is 4.18. The van der Waals surface area contributed by atoms with Crippen molar-refractivity contribution < 1.29 is 28.4 Å². The summed E-state index contributed by atoms with van der Waals surface area (Å²) < 4.78 is 18.0. The number of fused-ring (bicyclic) bond motifs is 4. The number of piperazine rings is 1. The van der Waals surface area contributed by atoms with Crippen molar-refractivity contribution in [1.82, 2.24) is 34.6 Å². The van der Waals surface area contributed by atoms with Crippen LogP contribution in [0.15, 0.2) is 72.5 Å². The van der Waals surface area contributed by atoms with E-state index in [2.05, 4.69) is 36.5 Å². The Balaban J connectivity index is 0.705. The molecule has 17 heteroatoms. The van der Waals surface area contributed by atoms with Crippen LogP contribution in [-0.4, -0.2) is 111 Å². The van der Waals surface area contributed by atoms with Gasteiger partial charge >= 0.3 is 6.03 Å². The van der Waals surface area contributed by atoms with Crippen molar-refractivity contribution in [2.75, 3.05) is 67.5 Å². The van der Waals surface area contributed by atoms with Crippen molar-refractivity contribution in [3.05, 3.63) is 112 Å². The summed E-state index contributed by atoms with van der Waals surface area (Å²) in [5.74, 6) is -1.45. The number of nitrogens with one attached hydrogen (secondary N) is 2. The topological polar surface area (TPSA) is 156 Å². The predicted octanol–water partition coefficient (Wildman–Crippen LogP) is 5.50. The zero-order valence-electron chi connectivity index (χ0n) is 35.9. The number of likely N-dealkylation sites (tertiary alicyclic amines) is 1. The van der Waals surface area contributed by atoms with Crippen LogP contribution in [-0.2, 0) is 45.7 Å². The minimum Gasteiger partial charge on any atom is -0.368 e. The second-order valence-electron chi connectivity index (χ2n) is 18.0. The molecule has 1 spiro atoms. The minimum absolute atomic E-state index is 0.0359. The number of anilines is 3. The number of aromatic nitrogens is 3. The first-order valence-electron chi connectivity index (χ1n) is 22.6. The maximum atomic E-state index is 16.0. The molecule has 6 aliphatic rings. The fourth-order valence-corrected chi connectivity index (χ4v) is 11.6. The van der Waals surface area contributed by atoms with Gasteiger partial charge in [0.25, 0.3) is 11.8 Å². The number of hydrogen-bond acceptors (Lipinski definition) is 10. The first-order chi connectivity index (χ1) is 31.6. The molecule has 3 fully saturated rings. The van der Waals surface area contributed by atoms with E-state index in [1.807, 2.05) is 45.9 Å². The molecule has 1 unspecified atom stereocenters. The molecule has 0 saturated carbocycles. The monoisotopic (exact) mass is 896 g/mol. The van der Waals surface area contributed by atoms with E-state index in [9.17, 15) is 24.0 Å². The summed E-state index contributed by atoms with van der Waals surface area (Å²) in [5.41, 5.74) is 7.72. The van der Waals surface area contributed by atoms with E-state index in [0.29, 0.717) is 62.1 Å². The lowest BCUT2D eigenvalue weighted by Crippen LogP contribution is -2.52. The lowest BCUT2D eigenvalue weighted by atomic mass is 9.73. The van der Waals surface area contributed by atoms with Gasteiger partial charge in [-0.2, -0.15) is 0 Å². The predicted molar refractivity (Wildman–Crippen MR) is 242 cm³/mol. The maximum absolute atomic E-state index is 16.0. The number of carbonyl (C=O) groups is 5. The molecule has 5 aromatic rings. The summed E-state index contributed by atoms with van der Waals surface area (Å²) in [6.45, 7) is 5.79. The lowest BCUT2D eigenvalue weighted by molar-refractivity contribution is -0.133. The average molecular weight is 897 g/mol. The van der Waals surface area contributed by atoms with Crippen LogP contribution >= 0.6 is 11.3 Å². The maximum Gasteiger partial charge on any atom is 0.328 e. The van der Waals surface area contributed by atoms with Crippen molar-refractivity contribution >= 4 is 57.5 Å². The third kappa shape index (κ3) is 7.43. The van der Waals surface area contributed by atoms with Crippen LogP contribution in [0.3, 0.4) is 0 Å². The molecule has 334 valence electrons. The van der Waals surface area contributed by atoms with Gasteiger partial charge in [0.05, 0.1) is 25.1 Å². The molecule has 6 amide bonds. The SMILES string of the molecule is O=C1CCN(c2cccc3c2CCC32CCN(CC(=O)N3CCN(c4ccc(-c5cc(F)c6c(c5)C(=O)N(C(C(=O)Nc5nccs5)c5ncn7c5CCC7)C6)cc4)CC3)CC2)C(=O)N1. The summed E-state index contributed by atoms with van der Waals surface area (Å²) in [7, 11) is 0. The highest BCUT2D eigenvalue weighted by atomic mass is 32.1. The van der Waals surface area contributed by atoms with Crippen molar-refractivity contribution in [2.45, 2.75) is 69.5 Å². The molecule has 7 heterocycles. The van der Waals surface area contributed by atoms with E-state index in [4.69, 9.17) is 0 Å². The van der Waals surface area contributed by atoms with Gasteiger partial charge in [-0.15, -0.1) is 11.3 Å². The van der Waals surface area contributed by atoms with Crippen LogP contribution in [0.1, 0.15) is 76.6 Å². The Morgan fingerprint density at radius 3 is 2.45 bits per heavy atom. The number of halogens is 1. The number of aryl methyl sites for hydroxylation is 1. The van der Waals surface area contributed by atoms with E-state index in [1.54, 1.807) is 28.9 Å². The molecule has 5 aliphatic heterocycles. The number of urea groups is 1. The second-order valence-corrected chi connectivity index (χ2v) is 18.9. The first-order valence-corrected chi connectivity index (χ1v) is 23.5. The van der Waals surface area contributed by atoms with Gasteiger partial charge < -0.3 is 19.3 Å². The normalized spacial score (nSPS) is 19.7. The number of thiazole rings is 1. The molecule has 2 aromatic heterocycles. The smallest absolute Gasteiger partial charge is 0.328 e. The molecule has 2 N–H and O–H groups in total. The summed E-state index contributed by atoms with van der Waals surface area (Å²) >= 11 is 1.28. The van der Waals surface area contributed by atoms with E-state index in [1.165, 1.54) is 33.4 Å². The molecule has 1 aliphatic carbocycles. The van der Waals surface area contributed by atoms with Crippen LogP contribution in [0, 0.1) is 5.82 Å². The Morgan fingerprint density at radius 2 is 1.68 bits per heavy atom. The van der Waals surface area contributed by atoms with E-state index >= 15 is 4.39 Å². The molecule has 3 aromatic carbocycles. The Kier molecular flexibility index (Phi) is 10.5. The number of piperidine rings is 1. The first kappa shape index (κ1) is 41.3. The van der Waals surface area contributed by atoms with Crippen molar-refractivity contribution in [3.63, 3.8) is 0 Å². The largest absolute Gasteiger partial charge is 0.368 e. The number of nitrogens with zero attached hydrogens (tertiary/aromatic N) is 8. The summed E-state index contributed by atoms with van der Waals surface area (Å²) in [6.07, 6.45) is 9.10. The zero-order chi connectivity index (χ0) is 44.4. The fraction of sp³-hybridized carbons (Fsp3) is 0.396. The Morgan fingerprint density at radius 1 is 0.862 bits per heavy atom. The van der Waals surface area contributed by atoms with Crippen LogP contribution in [0.2, 0.25) is 0 Å². The number of hydrogen-bond donors (Lipinski definition) is 2. The van der Waals surface area contributed by atoms with Gasteiger partial charge in [0.1, 0.15) is 5.82 Å². The van der Waals surface area contributed by atoms with Gasteiger partial charge in [-0.05, 0) is 110 Å². The van der Waals surface area contributed by atoms with Gasteiger partial charge in [0, 0.05) is 85.5 Å². The highest BCUT2D eigenvalue weighted by Gasteiger charge is 2.44. The van der Waals surface area contributed by atoms with Gasteiger partial charge in [0.2, 0.25) is 11.8 Å². The minimum atomic E-state index is -1.05. The molecule has 65 heavy (non-hydrogen) atoms. The van der Waals surface area contributed by atoms with Gasteiger partial charge in [-0.25, -0.2) is 19.2 Å². The van der Waals surface area contributed by atoms with E-state index in [-0.39, 0.29) is 40.9 Å². The van der Waals surface area contributed by atoms with Gasteiger partial charge in [0.15, 0.2) is 11.2 Å². The number of imidazole rings is 1. The summed E-state index contributed by atoms with van der Waals surface area (Å²) in [4.78, 5) is 84.5. The molecule has 11 rings (SSSR count). The molecular weight excluding hydrogens is 848 g/mol. The highest BCUT2D eigenvalue weighted by molar-refractivity contribution is 7.13. The number of benzene rings is 3. The number of carbonyl (C=O) groups excluding carboxylic acids is 5. The Labute approximate surface area is 379 Å². The molecule has 15 nitrogen and oxygen atoms in total. The zero-order valence-corrected chi connectivity index (χ0v) is 36.7. The molecule has 3 saturated heterocycles. The standard InChI is InChI=1S/C48H49FN10O5S/c49-37-26-31(25-34-35(37)27-59(45(34)63)43(44(62)53-46-50-15-24-65-46)42-39-5-2-16-57(39)29-51-42)30-6-8-32(9-7-30)55-20-22-56(23-21-55)41(61)28-54-18-13-48(14-19-54)12-10-33-36(48)3-1-4-38(33)58-17-11-40(60)52-47(58)64/h1,3-4,6-9,15,24-26,29,43H,2,5,10-14,16-23,27-28H2,(H,50,53,62)(H,52,60,64). The Hall–Kier alpha value is -6.46. The number of imide groups is 1. The molecule has 1 atom stereocenters. The fourth-order valence-electron chi connectivity index (χ4n) is 11.1. The van der Waals surface area contributed by atoms with Crippen LogP contribution in [0.4, 0.5) is 25.7 Å². The van der Waals surface area contributed by atoms with Gasteiger partial charge in [-0.1, -0.05) is 24.3 Å². The summed E-state index contributed by atoms with van der Waals surface area (Å²) in [6, 6.07) is 15.9. The lowest BCUT2D eigenvalue weighted by Gasteiger charge is -2.41. The van der Waals surface area contributed by atoms with Crippen molar-refractivity contribution in [1.29, 1.82) is 0 Å². The van der Waals surface area contributed by atoms with Crippen LogP contribution < -0.4 is 20.4 Å². The van der Waals surface area contributed by atoms with Crippen LogP contribution in [0.25, 0.3) is 11.1 Å². The Bertz CT molecular complexity index is 2720. The van der Waals surface area contributed by atoms with Crippen LogP contribution in [0.5, 0.6) is 0 Å².